The molecule has 1 saturated heterocycles. The number of amides is 1. The Morgan fingerprint density at radius 3 is 2.48 bits per heavy atom. The van der Waals surface area contributed by atoms with E-state index in [4.69, 9.17) is 11.6 Å². The second-order valence-electron chi connectivity index (χ2n) is 6.82. The summed E-state index contributed by atoms with van der Waals surface area (Å²) in [5, 5.41) is 13.7. The van der Waals surface area contributed by atoms with Crippen LogP contribution in [0.25, 0.3) is 0 Å². The Kier molecular flexibility index (Phi) is 6.21. The number of rotatable bonds is 5. The zero-order valence-corrected chi connectivity index (χ0v) is 17.3. The number of sulfonamides is 1. The monoisotopic (exact) mass is 437 g/mol. The lowest BCUT2D eigenvalue weighted by molar-refractivity contribution is -0.385. The molecule has 0 radical (unpaired) electrons. The molecule has 1 heterocycles. The topological polar surface area (TPSA) is 110 Å². The highest BCUT2D eigenvalue weighted by Gasteiger charge is 2.28. The summed E-state index contributed by atoms with van der Waals surface area (Å²) < 4.78 is 27.2. The van der Waals surface area contributed by atoms with Gasteiger partial charge in [-0.15, -0.1) is 0 Å². The number of aryl methyl sites for hydroxylation is 1. The van der Waals surface area contributed by atoms with Crippen molar-refractivity contribution in [2.45, 2.75) is 31.1 Å². The minimum Gasteiger partial charge on any atom is -0.322 e. The van der Waals surface area contributed by atoms with E-state index in [1.54, 1.807) is 6.92 Å². The zero-order valence-electron chi connectivity index (χ0n) is 15.7. The molecule has 0 saturated carbocycles. The highest BCUT2D eigenvalue weighted by molar-refractivity contribution is 7.89. The van der Waals surface area contributed by atoms with E-state index in [2.05, 4.69) is 5.32 Å². The average molecular weight is 438 g/mol. The van der Waals surface area contributed by atoms with E-state index in [-0.39, 0.29) is 26.9 Å². The van der Waals surface area contributed by atoms with Crippen molar-refractivity contribution >= 4 is 38.9 Å². The Hall–Kier alpha value is -2.49. The standard InChI is InChI=1S/C19H20ClN3O5S/c1-13-5-6-14(11-17(13)23(25)26)19(24)21-15-7-8-16(20)18(12-15)29(27,28)22-9-3-2-4-10-22/h5-8,11-12H,2-4,9-10H2,1H3,(H,21,24). The molecule has 0 spiro atoms. The van der Waals surface area contributed by atoms with Crippen LogP contribution in [0.4, 0.5) is 11.4 Å². The van der Waals surface area contributed by atoms with Crippen molar-refractivity contribution in [3.63, 3.8) is 0 Å². The number of carbonyl (C=O) groups excluding carboxylic acids is 1. The van der Waals surface area contributed by atoms with E-state index in [1.807, 2.05) is 0 Å². The largest absolute Gasteiger partial charge is 0.322 e. The third-order valence-corrected chi connectivity index (χ3v) is 7.17. The number of hydrogen-bond donors (Lipinski definition) is 1. The van der Waals surface area contributed by atoms with Crippen LogP contribution in [0.3, 0.4) is 0 Å². The molecule has 1 amide bonds. The Morgan fingerprint density at radius 2 is 1.83 bits per heavy atom. The lowest BCUT2D eigenvalue weighted by atomic mass is 10.1. The molecule has 0 aliphatic carbocycles. The minimum atomic E-state index is -3.78. The number of nitrogens with one attached hydrogen (secondary N) is 1. The van der Waals surface area contributed by atoms with E-state index in [0.717, 1.165) is 19.3 Å². The Morgan fingerprint density at radius 1 is 1.14 bits per heavy atom. The number of piperidine rings is 1. The molecule has 1 aliphatic rings. The van der Waals surface area contributed by atoms with Crippen molar-refractivity contribution in [2.75, 3.05) is 18.4 Å². The second-order valence-corrected chi connectivity index (χ2v) is 9.14. The summed E-state index contributed by atoms with van der Waals surface area (Å²) in [5.74, 6) is -0.586. The van der Waals surface area contributed by atoms with E-state index < -0.39 is 20.9 Å². The van der Waals surface area contributed by atoms with Crippen LogP contribution in [0.15, 0.2) is 41.3 Å². The van der Waals surface area contributed by atoms with Gasteiger partial charge in [0, 0.05) is 36.0 Å². The molecule has 10 heteroatoms. The van der Waals surface area contributed by atoms with Gasteiger partial charge >= 0.3 is 0 Å². The first kappa shape index (κ1) is 21.2. The Bertz CT molecular complexity index is 1070. The fourth-order valence-electron chi connectivity index (χ4n) is 3.17. The number of halogens is 1. The van der Waals surface area contributed by atoms with Crippen LogP contribution in [-0.2, 0) is 10.0 Å². The van der Waals surface area contributed by atoms with Gasteiger partial charge in [0.2, 0.25) is 10.0 Å². The first-order valence-corrected chi connectivity index (χ1v) is 10.9. The molecular formula is C19H20ClN3O5S. The van der Waals surface area contributed by atoms with Gasteiger partial charge in [-0.1, -0.05) is 24.1 Å². The van der Waals surface area contributed by atoms with Gasteiger partial charge in [-0.05, 0) is 44.0 Å². The molecule has 0 aromatic heterocycles. The molecule has 8 nitrogen and oxygen atoms in total. The Labute approximate surface area is 173 Å². The van der Waals surface area contributed by atoms with Crippen LogP contribution in [0.1, 0.15) is 35.2 Å². The van der Waals surface area contributed by atoms with Gasteiger partial charge in [0.1, 0.15) is 4.90 Å². The van der Waals surface area contributed by atoms with Gasteiger partial charge in [0.05, 0.1) is 9.95 Å². The molecule has 1 N–H and O–H groups in total. The highest BCUT2D eigenvalue weighted by atomic mass is 35.5. The van der Waals surface area contributed by atoms with E-state index in [1.165, 1.54) is 40.7 Å². The fraction of sp³-hybridized carbons (Fsp3) is 0.316. The van der Waals surface area contributed by atoms with Gasteiger partial charge in [0.25, 0.3) is 11.6 Å². The first-order chi connectivity index (χ1) is 13.7. The van der Waals surface area contributed by atoms with Gasteiger partial charge in [-0.2, -0.15) is 4.31 Å². The van der Waals surface area contributed by atoms with Crippen LogP contribution in [0, 0.1) is 17.0 Å². The lowest BCUT2D eigenvalue weighted by Crippen LogP contribution is -2.35. The first-order valence-electron chi connectivity index (χ1n) is 9.06. The van der Waals surface area contributed by atoms with Gasteiger partial charge in [0.15, 0.2) is 0 Å². The van der Waals surface area contributed by atoms with Crippen LogP contribution in [-0.4, -0.2) is 36.6 Å². The predicted octanol–water partition coefficient (Wildman–Crippen LogP) is 3.98. The molecular weight excluding hydrogens is 418 g/mol. The summed E-state index contributed by atoms with van der Waals surface area (Å²) in [4.78, 5) is 23.0. The third kappa shape index (κ3) is 4.58. The van der Waals surface area contributed by atoms with E-state index in [9.17, 15) is 23.3 Å². The number of nitrogens with zero attached hydrogens (tertiary/aromatic N) is 2. The number of benzene rings is 2. The highest BCUT2D eigenvalue weighted by Crippen LogP contribution is 2.30. The van der Waals surface area contributed by atoms with Crippen molar-refractivity contribution in [3.8, 4) is 0 Å². The van der Waals surface area contributed by atoms with Crippen molar-refractivity contribution in [3.05, 3.63) is 62.7 Å². The normalized spacial score (nSPS) is 15.1. The van der Waals surface area contributed by atoms with Crippen molar-refractivity contribution in [2.24, 2.45) is 0 Å². The second kappa shape index (κ2) is 8.48. The maximum absolute atomic E-state index is 12.9. The smallest absolute Gasteiger partial charge is 0.273 e. The Balaban J connectivity index is 1.87. The molecule has 3 rings (SSSR count). The average Bonchev–Trinajstić information content (AvgIpc) is 2.70. The summed E-state index contributed by atoms with van der Waals surface area (Å²) >= 11 is 6.13. The van der Waals surface area contributed by atoms with Crippen LogP contribution in [0.2, 0.25) is 5.02 Å². The molecule has 1 fully saturated rings. The quantitative estimate of drug-likeness (QED) is 0.561. The number of hydrogen-bond acceptors (Lipinski definition) is 5. The molecule has 2 aromatic carbocycles. The number of anilines is 1. The van der Waals surface area contributed by atoms with Crippen molar-refractivity contribution < 1.29 is 18.1 Å². The van der Waals surface area contributed by atoms with Crippen LogP contribution in [0.5, 0.6) is 0 Å². The zero-order chi connectivity index (χ0) is 21.2. The van der Waals surface area contributed by atoms with Crippen LogP contribution >= 0.6 is 11.6 Å². The lowest BCUT2D eigenvalue weighted by Gasteiger charge is -2.26. The SMILES string of the molecule is Cc1ccc(C(=O)Nc2ccc(Cl)c(S(=O)(=O)N3CCCCC3)c2)cc1[N+](=O)[O-]. The summed E-state index contributed by atoms with van der Waals surface area (Å²) in [5.41, 5.74) is 0.603. The van der Waals surface area contributed by atoms with E-state index >= 15 is 0 Å². The van der Waals surface area contributed by atoms with Gasteiger partial charge in [-0.3, -0.25) is 14.9 Å². The fourth-order valence-corrected chi connectivity index (χ4v) is 5.19. The van der Waals surface area contributed by atoms with Crippen molar-refractivity contribution in [1.29, 1.82) is 0 Å². The van der Waals surface area contributed by atoms with Crippen molar-refractivity contribution in [1.82, 2.24) is 4.31 Å². The maximum atomic E-state index is 12.9. The maximum Gasteiger partial charge on any atom is 0.273 e. The molecule has 1 aliphatic heterocycles. The number of nitro groups is 1. The van der Waals surface area contributed by atoms with E-state index in [0.29, 0.717) is 18.7 Å². The number of nitro benzene ring substituents is 1. The molecule has 0 unspecified atom stereocenters. The predicted molar refractivity (Wildman–Crippen MR) is 110 cm³/mol. The molecule has 154 valence electrons. The summed E-state index contributed by atoms with van der Waals surface area (Å²) in [6.45, 7) is 2.45. The van der Waals surface area contributed by atoms with Gasteiger partial charge < -0.3 is 5.32 Å². The summed E-state index contributed by atoms with van der Waals surface area (Å²) in [7, 11) is -3.78. The summed E-state index contributed by atoms with van der Waals surface area (Å²) in [6.07, 6.45) is 2.57. The molecule has 0 bridgehead atoms. The molecule has 2 aromatic rings. The van der Waals surface area contributed by atoms with Gasteiger partial charge in [-0.25, -0.2) is 8.42 Å². The van der Waals surface area contributed by atoms with Crippen LogP contribution < -0.4 is 5.32 Å². The minimum absolute atomic E-state index is 0.0690. The molecule has 29 heavy (non-hydrogen) atoms. The molecule has 0 atom stereocenters. The number of carbonyl (C=O) groups is 1. The summed E-state index contributed by atoms with van der Waals surface area (Å²) in [6, 6.07) is 8.35. The third-order valence-electron chi connectivity index (χ3n) is 4.79.